The molecule has 4 rings (SSSR count). The van der Waals surface area contributed by atoms with Gasteiger partial charge < -0.3 is 25.2 Å². The third-order valence-corrected chi connectivity index (χ3v) is 8.18. The number of ether oxygens (including phenoxy) is 1. The van der Waals surface area contributed by atoms with E-state index in [2.05, 4.69) is 47.5 Å². The Morgan fingerprint density at radius 1 is 1.07 bits per heavy atom. The minimum atomic E-state index is -0.222. The summed E-state index contributed by atoms with van der Waals surface area (Å²) in [5.74, 6) is 1.24. The molecule has 2 amide bonds. The number of fused-ring (bicyclic) bond motifs is 1. The van der Waals surface area contributed by atoms with Crippen LogP contribution in [0.2, 0.25) is 0 Å². The summed E-state index contributed by atoms with van der Waals surface area (Å²) >= 11 is 0. The Hall–Kier alpha value is -4.61. The third kappa shape index (κ3) is 9.95. The Morgan fingerprint density at radius 2 is 1.82 bits per heavy atom. The summed E-state index contributed by atoms with van der Waals surface area (Å²) in [5, 5.41) is 15.9. The van der Waals surface area contributed by atoms with E-state index in [1.807, 2.05) is 45.2 Å². The Morgan fingerprint density at radius 3 is 2.53 bits per heavy atom. The van der Waals surface area contributed by atoms with Crippen molar-refractivity contribution in [2.45, 2.75) is 45.6 Å². The molecule has 8 nitrogen and oxygen atoms in total. The Labute approximate surface area is 267 Å². The van der Waals surface area contributed by atoms with Crippen LogP contribution in [0.5, 0.6) is 11.5 Å². The monoisotopic (exact) mass is 607 g/mol. The molecule has 236 valence electrons. The second kappa shape index (κ2) is 16.5. The lowest BCUT2D eigenvalue weighted by Gasteiger charge is -2.30. The van der Waals surface area contributed by atoms with Gasteiger partial charge in [-0.3, -0.25) is 9.59 Å². The molecule has 45 heavy (non-hydrogen) atoms. The van der Waals surface area contributed by atoms with Crippen molar-refractivity contribution in [1.82, 2.24) is 15.5 Å². The van der Waals surface area contributed by atoms with Gasteiger partial charge in [-0.2, -0.15) is 5.26 Å². The second-order valence-corrected chi connectivity index (χ2v) is 12.0. The zero-order valence-electron chi connectivity index (χ0n) is 26.7. The van der Waals surface area contributed by atoms with Gasteiger partial charge in [-0.25, -0.2) is 0 Å². The summed E-state index contributed by atoms with van der Waals surface area (Å²) in [6.07, 6.45) is 5.89. The number of amides is 2. The molecule has 1 aliphatic rings. The maximum absolute atomic E-state index is 13.6. The fourth-order valence-corrected chi connectivity index (χ4v) is 5.54. The van der Waals surface area contributed by atoms with Crippen molar-refractivity contribution in [2.24, 2.45) is 5.92 Å². The van der Waals surface area contributed by atoms with Crippen LogP contribution in [0.25, 0.3) is 6.08 Å². The maximum atomic E-state index is 13.6. The summed E-state index contributed by atoms with van der Waals surface area (Å²) in [6.45, 7) is 9.51. The number of rotatable bonds is 15. The lowest BCUT2D eigenvalue weighted by molar-refractivity contribution is -0.128. The zero-order valence-corrected chi connectivity index (χ0v) is 26.7. The molecular weight excluding hydrogens is 562 g/mol. The molecule has 0 saturated heterocycles. The van der Waals surface area contributed by atoms with E-state index in [4.69, 9.17) is 4.74 Å². The standard InChI is InChI=1S/C37H45N5O3/c1-5-28-11-15-33(16-12-28)45-35-17-13-30(24-38)23-34(35)42(25-36(43)40-20-19-39-27(2)3)26-37(44)41(4)21-18-29-10-14-31-8-6-7-9-32(31)22-29/h5-9,11-13,15-17,23,27,29,39H,1,10,14,18-22,25-26H2,2-4H3,(H,40,43). The van der Waals surface area contributed by atoms with Crippen LogP contribution in [0.1, 0.15) is 48.9 Å². The molecule has 1 atom stereocenters. The van der Waals surface area contributed by atoms with Gasteiger partial charge in [0.2, 0.25) is 11.8 Å². The molecule has 0 saturated carbocycles. The van der Waals surface area contributed by atoms with Crippen LogP contribution < -0.4 is 20.3 Å². The van der Waals surface area contributed by atoms with Crippen LogP contribution in [0, 0.1) is 17.2 Å². The highest BCUT2D eigenvalue weighted by atomic mass is 16.5. The highest BCUT2D eigenvalue weighted by Gasteiger charge is 2.24. The predicted octanol–water partition coefficient (Wildman–Crippen LogP) is 5.57. The largest absolute Gasteiger partial charge is 0.455 e. The number of benzene rings is 3. The lowest BCUT2D eigenvalue weighted by atomic mass is 9.82. The van der Waals surface area contributed by atoms with Gasteiger partial charge in [0.05, 0.1) is 30.4 Å². The molecule has 0 spiro atoms. The molecule has 1 unspecified atom stereocenters. The molecule has 8 heteroatoms. The van der Waals surface area contributed by atoms with Gasteiger partial charge in [0.15, 0.2) is 5.75 Å². The third-order valence-electron chi connectivity index (χ3n) is 8.18. The zero-order chi connectivity index (χ0) is 32.2. The van der Waals surface area contributed by atoms with Crippen LogP contribution in [0.15, 0.2) is 73.3 Å². The average Bonchev–Trinajstić information content (AvgIpc) is 3.05. The topological polar surface area (TPSA) is 97.7 Å². The number of likely N-dealkylation sites (N-methyl/N-ethyl adjacent to an activating group) is 1. The summed E-state index contributed by atoms with van der Waals surface area (Å²) < 4.78 is 6.24. The summed E-state index contributed by atoms with van der Waals surface area (Å²) in [7, 11) is 1.82. The van der Waals surface area contributed by atoms with Gasteiger partial charge in [0.25, 0.3) is 0 Å². The minimum Gasteiger partial charge on any atom is -0.455 e. The minimum absolute atomic E-state index is 0.0394. The summed E-state index contributed by atoms with van der Waals surface area (Å²) in [4.78, 5) is 30.2. The fraction of sp³-hybridized carbons (Fsp3) is 0.378. The highest BCUT2D eigenvalue weighted by Crippen LogP contribution is 2.34. The van der Waals surface area contributed by atoms with E-state index in [-0.39, 0.29) is 24.9 Å². The van der Waals surface area contributed by atoms with Crippen molar-refractivity contribution < 1.29 is 14.3 Å². The quantitative estimate of drug-likeness (QED) is 0.219. The Kier molecular flexibility index (Phi) is 12.2. The van der Waals surface area contributed by atoms with E-state index >= 15 is 0 Å². The Bertz CT molecular complexity index is 1490. The van der Waals surface area contributed by atoms with Crippen molar-refractivity contribution in [1.29, 1.82) is 5.26 Å². The highest BCUT2D eigenvalue weighted by molar-refractivity contribution is 5.87. The number of hydrogen-bond donors (Lipinski definition) is 2. The number of aryl methyl sites for hydroxylation is 1. The average molecular weight is 608 g/mol. The first-order chi connectivity index (χ1) is 21.7. The predicted molar refractivity (Wildman–Crippen MR) is 180 cm³/mol. The van der Waals surface area contributed by atoms with E-state index in [9.17, 15) is 14.9 Å². The van der Waals surface area contributed by atoms with E-state index in [0.717, 1.165) is 31.2 Å². The SMILES string of the molecule is C=Cc1ccc(Oc2ccc(C#N)cc2N(CC(=O)NCCNC(C)C)CC(=O)N(C)CCC2CCc3ccccc3C2)cc1. The molecule has 3 aromatic rings. The molecule has 2 N–H and O–H groups in total. The molecule has 3 aromatic carbocycles. The van der Waals surface area contributed by atoms with E-state index in [1.165, 1.54) is 11.1 Å². The Balaban J connectivity index is 1.50. The number of nitrogens with one attached hydrogen (secondary N) is 2. The second-order valence-electron chi connectivity index (χ2n) is 12.0. The number of carbonyl (C=O) groups is 2. The van der Waals surface area contributed by atoms with Gasteiger partial charge in [-0.05, 0) is 78.6 Å². The van der Waals surface area contributed by atoms with E-state index in [0.29, 0.717) is 54.3 Å². The van der Waals surface area contributed by atoms with Crippen molar-refractivity contribution in [3.8, 4) is 17.6 Å². The molecule has 0 aliphatic heterocycles. The van der Waals surface area contributed by atoms with Crippen LogP contribution in [0.4, 0.5) is 5.69 Å². The fourth-order valence-electron chi connectivity index (χ4n) is 5.54. The molecule has 0 aromatic heterocycles. The first-order valence-electron chi connectivity index (χ1n) is 15.8. The van der Waals surface area contributed by atoms with Crippen LogP contribution >= 0.6 is 0 Å². The number of hydrogen-bond acceptors (Lipinski definition) is 6. The molecule has 0 bridgehead atoms. The van der Waals surface area contributed by atoms with Crippen LogP contribution in [-0.2, 0) is 22.4 Å². The van der Waals surface area contributed by atoms with Gasteiger partial charge in [-0.1, -0.05) is 62.9 Å². The van der Waals surface area contributed by atoms with Gasteiger partial charge in [0.1, 0.15) is 5.75 Å². The van der Waals surface area contributed by atoms with Gasteiger partial charge in [-0.15, -0.1) is 0 Å². The summed E-state index contributed by atoms with van der Waals surface area (Å²) in [5.41, 5.74) is 4.71. The smallest absolute Gasteiger partial charge is 0.241 e. The normalized spacial score (nSPS) is 13.8. The number of nitrogens with zero attached hydrogens (tertiary/aromatic N) is 3. The van der Waals surface area contributed by atoms with Crippen LogP contribution in [-0.4, -0.2) is 62.5 Å². The lowest BCUT2D eigenvalue weighted by Crippen LogP contribution is -2.45. The molecule has 0 fully saturated rings. The molecule has 0 radical (unpaired) electrons. The summed E-state index contributed by atoms with van der Waals surface area (Å²) in [6, 6.07) is 23.6. The maximum Gasteiger partial charge on any atom is 0.241 e. The van der Waals surface area contributed by atoms with Crippen molar-refractivity contribution in [2.75, 3.05) is 44.7 Å². The first kappa shape index (κ1) is 33.3. The van der Waals surface area contributed by atoms with Crippen molar-refractivity contribution in [3.63, 3.8) is 0 Å². The molecular formula is C37H45N5O3. The number of carbonyl (C=O) groups excluding carboxylic acids is 2. The van der Waals surface area contributed by atoms with Gasteiger partial charge in [0, 0.05) is 32.7 Å². The van der Waals surface area contributed by atoms with Crippen molar-refractivity contribution in [3.05, 3.63) is 95.6 Å². The molecule has 1 aliphatic carbocycles. The van der Waals surface area contributed by atoms with Gasteiger partial charge >= 0.3 is 0 Å². The van der Waals surface area contributed by atoms with E-state index < -0.39 is 0 Å². The van der Waals surface area contributed by atoms with Crippen LogP contribution in [0.3, 0.4) is 0 Å². The molecule has 0 heterocycles. The number of anilines is 1. The van der Waals surface area contributed by atoms with Crippen molar-refractivity contribution >= 4 is 23.6 Å². The first-order valence-corrected chi connectivity index (χ1v) is 15.8. The van der Waals surface area contributed by atoms with E-state index in [1.54, 1.807) is 34.1 Å². The number of nitriles is 1.